The van der Waals surface area contributed by atoms with E-state index in [0.717, 1.165) is 9.87 Å². The van der Waals surface area contributed by atoms with Crippen molar-refractivity contribution in [2.24, 2.45) is 0 Å². The monoisotopic (exact) mass is 603 g/mol. The Morgan fingerprint density at radius 3 is 2.12 bits per heavy atom. The van der Waals surface area contributed by atoms with E-state index in [4.69, 9.17) is 23.2 Å². The molecule has 1 unspecified atom stereocenters. The Morgan fingerprint density at radius 1 is 0.925 bits per heavy atom. The lowest BCUT2D eigenvalue weighted by atomic mass is 10.1. The maximum atomic E-state index is 14.1. The lowest BCUT2D eigenvalue weighted by Gasteiger charge is -2.35. The number of hydrogen-bond donors (Lipinski definition) is 1. The van der Waals surface area contributed by atoms with E-state index in [1.165, 1.54) is 23.1 Å². The highest BCUT2D eigenvalue weighted by Gasteiger charge is 2.35. The molecule has 0 aliphatic carbocycles. The van der Waals surface area contributed by atoms with Crippen LogP contribution in [0.2, 0.25) is 10.0 Å². The van der Waals surface area contributed by atoms with Crippen LogP contribution in [0.3, 0.4) is 0 Å². The third-order valence-corrected chi connectivity index (χ3v) is 8.80. The molecule has 0 aliphatic rings. The molecule has 0 spiro atoms. The Labute approximate surface area is 247 Å². The molecule has 0 fully saturated rings. The fourth-order valence-electron chi connectivity index (χ4n) is 4.17. The molecule has 40 heavy (non-hydrogen) atoms. The van der Waals surface area contributed by atoms with Crippen molar-refractivity contribution in [2.45, 2.75) is 64.1 Å². The van der Waals surface area contributed by atoms with Crippen LogP contribution in [-0.4, -0.2) is 43.3 Å². The number of carbonyl (C=O) groups excluding carboxylic acids is 2. The summed E-state index contributed by atoms with van der Waals surface area (Å²) < 4.78 is 28.8. The third kappa shape index (κ3) is 7.77. The summed E-state index contributed by atoms with van der Waals surface area (Å²) in [5, 5.41) is 3.74. The van der Waals surface area contributed by atoms with E-state index < -0.39 is 34.1 Å². The zero-order valence-electron chi connectivity index (χ0n) is 23.3. The minimum atomic E-state index is -4.17. The van der Waals surface area contributed by atoms with Crippen LogP contribution >= 0.6 is 23.2 Å². The lowest BCUT2D eigenvalue weighted by Crippen LogP contribution is -2.55. The van der Waals surface area contributed by atoms with E-state index in [-0.39, 0.29) is 23.0 Å². The van der Waals surface area contributed by atoms with Crippen molar-refractivity contribution in [2.75, 3.05) is 10.8 Å². The molecule has 0 radical (unpaired) electrons. The molecule has 0 bridgehead atoms. The van der Waals surface area contributed by atoms with Crippen molar-refractivity contribution in [1.29, 1.82) is 0 Å². The highest BCUT2D eigenvalue weighted by atomic mass is 35.5. The van der Waals surface area contributed by atoms with Gasteiger partial charge in [-0.3, -0.25) is 13.9 Å². The van der Waals surface area contributed by atoms with Crippen LogP contribution in [0.15, 0.2) is 77.7 Å². The van der Waals surface area contributed by atoms with Crippen molar-refractivity contribution in [3.8, 4) is 0 Å². The van der Waals surface area contributed by atoms with Crippen molar-refractivity contribution < 1.29 is 18.0 Å². The van der Waals surface area contributed by atoms with Crippen LogP contribution < -0.4 is 9.62 Å². The number of hydrogen-bond acceptors (Lipinski definition) is 4. The number of halogens is 2. The first kappa shape index (κ1) is 31.5. The fraction of sp³-hybridized carbons (Fsp3) is 0.333. The van der Waals surface area contributed by atoms with Gasteiger partial charge in [0.25, 0.3) is 10.0 Å². The molecule has 3 aromatic rings. The minimum Gasteiger partial charge on any atom is -0.350 e. The smallest absolute Gasteiger partial charge is 0.264 e. The van der Waals surface area contributed by atoms with Gasteiger partial charge in [-0.05, 0) is 75.6 Å². The number of nitrogens with one attached hydrogen (secondary N) is 1. The standard InChI is InChI=1S/C30H35Cl2N3O4S/c1-6-27(29(37)33-30(3,4)5)34(19-22-12-10-11-15-25(22)31)28(36)20-35(23-17-16-21(2)26(32)18-23)40(38,39)24-13-8-7-9-14-24/h7-18,27H,6,19-20H2,1-5H3,(H,33,37). The number of carbonyl (C=O) groups is 2. The Hall–Kier alpha value is -3.07. The van der Waals surface area contributed by atoms with Crippen LogP contribution in [0, 0.1) is 6.92 Å². The maximum Gasteiger partial charge on any atom is 0.264 e. The SMILES string of the molecule is CCC(C(=O)NC(C)(C)C)N(Cc1ccccc1Cl)C(=O)CN(c1ccc(C)c(Cl)c1)S(=O)(=O)c1ccccc1. The van der Waals surface area contributed by atoms with E-state index in [2.05, 4.69) is 5.32 Å². The summed E-state index contributed by atoms with van der Waals surface area (Å²) in [4.78, 5) is 28.9. The van der Waals surface area contributed by atoms with Crippen LogP contribution in [0.1, 0.15) is 45.2 Å². The van der Waals surface area contributed by atoms with E-state index in [1.54, 1.807) is 68.4 Å². The quantitative estimate of drug-likeness (QED) is 0.298. The van der Waals surface area contributed by atoms with Gasteiger partial charge < -0.3 is 10.2 Å². The van der Waals surface area contributed by atoms with Gasteiger partial charge in [0, 0.05) is 22.1 Å². The molecule has 0 saturated heterocycles. The summed E-state index contributed by atoms with van der Waals surface area (Å²) in [6, 6.07) is 18.9. The van der Waals surface area contributed by atoms with Gasteiger partial charge in [-0.1, -0.05) is 72.6 Å². The van der Waals surface area contributed by atoms with Gasteiger partial charge in [0.05, 0.1) is 10.6 Å². The van der Waals surface area contributed by atoms with Crippen molar-refractivity contribution in [3.05, 3.63) is 94.0 Å². The summed E-state index contributed by atoms with van der Waals surface area (Å²) in [6.07, 6.45) is 0.305. The summed E-state index contributed by atoms with van der Waals surface area (Å²) in [5.41, 5.74) is 1.09. The van der Waals surface area contributed by atoms with E-state index >= 15 is 0 Å². The molecule has 1 atom stereocenters. The number of anilines is 1. The molecule has 2 amide bonds. The fourth-order valence-corrected chi connectivity index (χ4v) is 5.97. The zero-order chi connectivity index (χ0) is 29.7. The number of amides is 2. The first-order valence-electron chi connectivity index (χ1n) is 12.9. The van der Waals surface area contributed by atoms with Crippen molar-refractivity contribution in [1.82, 2.24) is 10.2 Å². The third-order valence-electron chi connectivity index (χ3n) is 6.24. The van der Waals surface area contributed by atoms with Crippen LogP contribution in [0.25, 0.3) is 0 Å². The molecule has 0 aromatic heterocycles. The predicted octanol–water partition coefficient (Wildman–Crippen LogP) is 6.22. The first-order chi connectivity index (χ1) is 18.7. The van der Waals surface area contributed by atoms with Crippen LogP contribution in [0.5, 0.6) is 0 Å². The van der Waals surface area contributed by atoms with Gasteiger partial charge in [-0.25, -0.2) is 8.42 Å². The van der Waals surface area contributed by atoms with Gasteiger partial charge >= 0.3 is 0 Å². The Kier molecular flexibility index (Phi) is 10.3. The van der Waals surface area contributed by atoms with E-state index in [1.807, 2.05) is 20.8 Å². The average molecular weight is 605 g/mol. The van der Waals surface area contributed by atoms with Gasteiger partial charge in [0.15, 0.2) is 0 Å². The molecule has 10 heteroatoms. The van der Waals surface area contributed by atoms with Crippen LogP contribution in [0.4, 0.5) is 5.69 Å². The largest absolute Gasteiger partial charge is 0.350 e. The predicted molar refractivity (Wildman–Crippen MR) is 161 cm³/mol. The molecule has 1 N–H and O–H groups in total. The van der Waals surface area contributed by atoms with E-state index in [9.17, 15) is 18.0 Å². The van der Waals surface area contributed by atoms with E-state index in [0.29, 0.717) is 22.0 Å². The van der Waals surface area contributed by atoms with Crippen LogP contribution in [-0.2, 0) is 26.2 Å². The second-order valence-electron chi connectivity index (χ2n) is 10.5. The number of aryl methyl sites for hydroxylation is 1. The van der Waals surface area contributed by atoms with Gasteiger partial charge in [0.1, 0.15) is 12.6 Å². The van der Waals surface area contributed by atoms with Crippen molar-refractivity contribution >= 4 is 50.7 Å². The van der Waals surface area contributed by atoms with Gasteiger partial charge in [-0.2, -0.15) is 0 Å². The lowest BCUT2D eigenvalue weighted by molar-refractivity contribution is -0.141. The summed E-state index contributed by atoms with van der Waals surface area (Å²) >= 11 is 12.8. The zero-order valence-corrected chi connectivity index (χ0v) is 25.6. The molecule has 7 nitrogen and oxygen atoms in total. The Morgan fingerprint density at radius 2 is 1.55 bits per heavy atom. The molecule has 0 heterocycles. The number of nitrogens with zero attached hydrogens (tertiary/aromatic N) is 2. The second-order valence-corrected chi connectivity index (χ2v) is 13.2. The maximum absolute atomic E-state index is 14.1. The second kappa shape index (κ2) is 13.1. The topological polar surface area (TPSA) is 86.8 Å². The normalized spacial score (nSPS) is 12.5. The molecule has 3 aromatic carbocycles. The Balaban J connectivity index is 2.10. The number of rotatable bonds is 10. The molecular weight excluding hydrogens is 569 g/mol. The van der Waals surface area contributed by atoms with Crippen molar-refractivity contribution in [3.63, 3.8) is 0 Å². The Bertz CT molecular complexity index is 1460. The number of benzene rings is 3. The first-order valence-corrected chi connectivity index (χ1v) is 15.1. The van der Waals surface area contributed by atoms with Gasteiger partial charge in [0.2, 0.25) is 11.8 Å². The molecule has 0 aliphatic heterocycles. The molecule has 3 rings (SSSR count). The molecular formula is C30H35Cl2N3O4S. The summed E-state index contributed by atoms with van der Waals surface area (Å²) in [7, 11) is -4.17. The molecule has 214 valence electrons. The average Bonchev–Trinajstić information content (AvgIpc) is 2.89. The highest BCUT2D eigenvalue weighted by Crippen LogP contribution is 2.29. The summed E-state index contributed by atoms with van der Waals surface area (Å²) in [5.74, 6) is -0.904. The summed E-state index contributed by atoms with van der Waals surface area (Å²) in [6.45, 7) is 8.63. The number of sulfonamides is 1. The minimum absolute atomic E-state index is 0.0163. The highest BCUT2D eigenvalue weighted by molar-refractivity contribution is 7.92. The van der Waals surface area contributed by atoms with Gasteiger partial charge in [-0.15, -0.1) is 0 Å². The molecule has 0 saturated carbocycles.